The van der Waals surface area contributed by atoms with Crippen LogP contribution in [0, 0.1) is 0 Å². The number of piperazine rings is 1. The highest BCUT2D eigenvalue weighted by atomic mass is 15.2. The summed E-state index contributed by atoms with van der Waals surface area (Å²) in [5.41, 5.74) is 3.62. The minimum Gasteiger partial charge on any atom is -0.314 e. The Balaban J connectivity index is 1.52. The fourth-order valence-corrected chi connectivity index (χ4v) is 2.80. The molecule has 5 heteroatoms. The molecule has 0 bridgehead atoms. The molecular formula is C16H25N5. The molecule has 21 heavy (non-hydrogen) atoms. The molecule has 0 aromatic carbocycles. The molecule has 2 N–H and O–H groups in total. The van der Waals surface area contributed by atoms with Gasteiger partial charge in [0, 0.05) is 52.0 Å². The molecule has 5 nitrogen and oxygen atoms in total. The first-order valence-corrected chi connectivity index (χ1v) is 7.95. The van der Waals surface area contributed by atoms with Crippen molar-refractivity contribution in [3.63, 3.8) is 0 Å². The zero-order valence-corrected chi connectivity index (χ0v) is 12.8. The lowest BCUT2D eigenvalue weighted by atomic mass is 10.2. The number of aryl methyl sites for hydroxylation is 1. The van der Waals surface area contributed by atoms with E-state index in [1.54, 1.807) is 0 Å². The lowest BCUT2D eigenvalue weighted by Gasteiger charge is -2.27. The lowest BCUT2D eigenvalue weighted by molar-refractivity contribution is 0.241. The number of pyridine rings is 1. The van der Waals surface area contributed by atoms with Gasteiger partial charge in [-0.2, -0.15) is 0 Å². The summed E-state index contributed by atoms with van der Waals surface area (Å²) in [6, 6.07) is 4.26. The van der Waals surface area contributed by atoms with E-state index in [9.17, 15) is 0 Å². The van der Waals surface area contributed by atoms with Gasteiger partial charge in [0.2, 0.25) is 0 Å². The highest BCUT2D eigenvalue weighted by molar-refractivity contribution is 5.41. The minimum absolute atomic E-state index is 0.875. The van der Waals surface area contributed by atoms with E-state index in [0.717, 1.165) is 57.9 Å². The van der Waals surface area contributed by atoms with E-state index in [4.69, 9.17) is 0 Å². The van der Waals surface area contributed by atoms with Crippen LogP contribution in [0.1, 0.15) is 18.2 Å². The molecule has 3 rings (SSSR count). The number of aromatic nitrogens is 2. The predicted molar refractivity (Wildman–Crippen MR) is 85.6 cm³/mol. The molecule has 0 amide bonds. The average Bonchev–Trinajstić information content (AvgIpc) is 2.95. The zero-order chi connectivity index (χ0) is 14.5. The van der Waals surface area contributed by atoms with Gasteiger partial charge in [0.1, 0.15) is 5.65 Å². The summed E-state index contributed by atoms with van der Waals surface area (Å²) in [5, 5.41) is 6.93. The average molecular weight is 287 g/mol. The molecule has 1 fully saturated rings. The highest BCUT2D eigenvalue weighted by Crippen LogP contribution is 2.09. The van der Waals surface area contributed by atoms with E-state index in [1.807, 2.05) is 6.20 Å². The summed E-state index contributed by atoms with van der Waals surface area (Å²) in [5.74, 6) is 0. The third kappa shape index (κ3) is 3.61. The Morgan fingerprint density at radius 1 is 1.29 bits per heavy atom. The number of rotatable bonds is 6. The van der Waals surface area contributed by atoms with Gasteiger partial charge in [-0.15, -0.1) is 0 Å². The smallest absolute Gasteiger partial charge is 0.136 e. The molecule has 0 spiro atoms. The fraction of sp³-hybridized carbons (Fsp3) is 0.562. The fourth-order valence-electron chi connectivity index (χ4n) is 2.80. The van der Waals surface area contributed by atoms with Crippen molar-refractivity contribution in [2.75, 3.05) is 39.3 Å². The van der Waals surface area contributed by atoms with E-state index < -0.39 is 0 Å². The van der Waals surface area contributed by atoms with Crippen molar-refractivity contribution in [3.05, 3.63) is 35.8 Å². The zero-order valence-electron chi connectivity index (χ0n) is 12.8. The van der Waals surface area contributed by atoms with Crippen molar-refractivity contribution < 1.29 is 0 Å². The van der Waals surface area contributed by atoms with Gasteiger partial charge in [-0.25, -0.2) is 4.98 Å². The molecule has 0 aliphatic carbocycles. The Morgan fingerprint density at radius 2 is 2.14 bits per heavy atom. The van der Waals surface area contributed by atoms with Crippen LogP contribution in [0.3, 0.4) is 0 Å². The molecule has 3 heterocycles. The van der Waals surface area contributed by atoms with Crippen LogP contribution in [-0.2, 0) is 13.0 Å². The summed E-state index contributed by atoms with van der Waals surface area (Å²) < 4.78 is 2.21. The first-order valence-electron chi connectivity index (χ1n) is 7.95. The number of nitrogens with zero attached hydrogens (tertiary/aromatic N) is 3. The summed E-state index contributed by atoms with van der Waals surface area (Å²) >= 11 is 0. The first-order chi connectivity index (χ1) is 10.4. The van der Waals surface area contributed by atoms with Crippen molar-refractivity contribution in [3.8, 4) is 0 Å². The quantitative estimate of drug-likeness (QED) is 0.775. The van der Waals surface area contributed by atoms with Gasteiger partial charge in [0.15, 0.2) is 0 Å². The molecule has 1 saturated heterocycles. The van der Waals surface area contributed by atoms with E-state index in [0.29, 0.717) is 0 Å². The van der Waals surface area contributed by atoms with Crippen LogP contribution in [0.2, 0.25) is 0 Å². The second kappa shape index (κ2) is 7.02. The van der Waals surface area contributed by atoms with Crippen molar-refractivity contribution in [1.29, 1.82) is 0 Å². The third-order valence-electron chi connectivity index (χ3n) is 4.17. The normalized spacial score (nSPS) is 16.6. The van der Waals surface area contributed by atoms with E-state index in [1.165, 1.54) is 11.3 Å². The van der Waals surface area contributed by atoms with E-state index in [2.05, 4.69) is 50.2 Å². The molecular weight excluding hydrogens is 262 g/mol. The van der Waals surface area contributed by atoms with Gasteiger partial charge < -0.3 is 15.0 Å². The highest BCUT2D eigenvalue weighted by Gasteiger charge is 2.08. The van der Waals surface area contributed by atoms with Gasteiger partial charge in [-0.3, -0.25) is 4.90 Å². The van der Waals surface area contributed by atoms with Crippen molar-refractivity contribution in [2.24, 2.45) is 0 Å². The van der Waals surface area contributed by atoms with Gasteiger partial charge in [0.25, 0.3) is 0 Å². The maximum absolute atomic E-state index is 4.47. The summed E-state index contributed by atoms with van der Waals surface area (Å²) in [7, 11) is 0. The first kappa shape index (κ1) is 14.5. The molecule has 1 aliphatic rings. The monoisotopic (exact) mass is 287 g/mol. The number of fused-ring (bicyclic) bond motifs is 1. The summed E-state index contributed by atoms with van der Waals surface area (Å²) in [6.45, 7) is 9.78. The maximum Gasteiger partial charge on any atom is 0.136 e. The third-order valence-corrected chi connectivity index (χ3v) is 4.17. The Bertz CT molecular complexity index is 571. The standard InChI is InChI=1S/C16H25N5/c1-2-14-3-4-16-19-12-15(21(16)13-14)11-18-7-10-20-8-5-17-6-9-20/h3-4,12-13,17-18H,2,5-11H2,1H3. The molecule has 0 radical (unpaired) electrons. The van der Waals surface area contributed by atoms with Gasteiger partial charge in [-0.05, 0) is 18.1 Å². The number of imidazole rings is 1. The Kier molecular flexibility index (Phi) is 4.85. The van der Waals surface area contributed by atoms with E-state index in [-0.39, 0.29) is 0 Å². The molecule has 114 valence electrons. The van der Waals surface area contributed by atoms with Crippen molar-refractivity contribution in [2.45, 2.75) is 19.9 Å². The molecule has 0 saturated carbocycles. The van der Waals surface area contributed by atoms with Crippen LogP contribution < -0.4 is 10.6 Å². The van der Waals surface area contributed by atoms with Crippen LogP contribution in [0.15, 0.2) is 24.5 Å². The van der Waals surface area contributed by atoms with Crippen molar-refractivity contribution >= 4 is 5.65 Å². The SMILES string of the molecule is CCc1ccc2ncc(CNCCN3CCNCC3)n2c1. The van der Waals surface area contributed by atoms with Gasteiger partial charge in [0.05, 0.1) is 11.9 Å². The minimum atomic E-state index is 0.875. The number of hydrogen-bond acceptors (Lipinski definition) is 4. The van der Waals surface area contributed by atoms with Crippen LogP contribution >= 0.6 is 0 Å². The molecule has 1 aliphatic heterocycles. The Hall–Kier alpha value is -1.43. The second-order valence-corrected chi connectivity index (χ2v) is 5.64. The molecule has 2 aromatic rings. The summed E-state index contributed by atoms with van der Waals surface area (Å²) in [6.07, 6.45) is 5.24. The predicted octanol–water partition coefficient (Wildman–Crippen LogP) is 0.892. The maximum atomic E-state index is 4.47. The molecule has 2 aromatic heterocycles. The van der Waals surface area contributed by atoms with Gasteiger partial charge in [-0.1, -0.05) is 13.0 Å². The largest absolute Gasteiger partial charge is 0.314 e. The second-order valence-electron chi connectivity index (χ2n) is 5.64. The van der Waals surface area contributed by atoms with Crippen LogP contribution in [0.5, 0.6) is 0 Å². The van der Waals surface area contributed by atoms with Crippen LogP contribution in [0.25, 0.3) is 5.65 Å². The topological polar surface area (TPSA) is 44.6 Å². The van der Waals surface area contributed by atoms with E-state index >= 15 is 0 Å². The Labute approximate surface area is 126 Å². The van der Waals surface area contributed by atoms with Crippen LogP contribution in [-0.4, -0.2) is 53.6 Å². The number of hydrogen-bond donors (Lipinski definition) is 2. The summed E-state index contributed by atoms with van der Waals surface area (Å²) in [4.78, 5) is 6.97. The number of nitrogens with one attached hydrogen (secondary N) is 2. The molecule has 0 unspecified atom stereocenters. The lowest BCUT2D eigenvalue weighted by Crippen LogP contribution is -2.45. The van der Waals surface area contributed by atoms with Gasteiger partial charge >= 0.3 is 0 Å². The van der Waals surface area contributed by atoms with Crippen molar-refractivity contribution in [1.82, 2.24) is 24.9 Å². The molecule has 0 atom stereocenters. The Morgan fingerprint density at radius 3 is 2.95 bits per heavy atom. The van der Waals surface area contributed by atoms with Crippen LogP contribution in [0.4, 0.5) is 0 Å².